The predicted octanol–water partition coefficient (Wildman–Crippen LogP) is 3.60. The summed E-state index contributed by atoms with van der Waals surface area (Å²) >= 11 is 1.50. The van der Waals surface area contributed by atoms with E-state index in [4.69, 9.17) is 5.73 Å². The third-order valence-electron chi connectivity index (χ3n) is 3.24. The molecule has 0 aliphatic carbocycles. The summed E-state index contributed by atoms with van der Waals surface area (Å²) in [5.41, 5.74) is 6.04. The molecular formula is C15H12FNO2S2. The summed E-state index contributed by atoms with van der Waals surface area (Å²) in [6.07, 6.45) is 0. The summed E-state index contributed by atoms with van der Waals surface area (Å²) in [4.78, 5) is -0.0514. The molecular weight excluding hydrogens is 309 g/mol. The molecule has 0 atom stereocenters. The Bertz CT molecular complexity index is 916. The number of fused-ring (bicyclic) bond motifs is 1. The minimum Gasteiger partial charge on any atom is -0.396 e. The predicted molar refractivity (Wildman–Crippen MR) is 83.5 cm³/mol. The Kier molecular flexibility index (Phi) is 3.43. The average Bonchev–Trinajstić information content (AvgIpc) is 2.85. The molecule has 6 heteroatoms. The summed E-state index contributed by atoms with van der Waals surface area (Å²) in [6, 6.07) is 11.2. The molecule has 3 nitrogen and oxygen atoms in total. The average molecular weight is 321 g/mol. The van der Waals surface area contributed by atoms with E-state index < -0.39 is 15.7 Å². The smallest absolute Gasteiger partial charge is 0.182 e. The summed E-state index contributed by atoms with van der Waals surface area (Å²) in [7, 11) is -3.60. The van der Waals surface area contributed by atoms with E-state index in [0.717, 1.165) is 21.7 Å². The van der Waals surface area contributed by atoms with E-state index in [2.05, 4.69) is 0 Å². The molecule has 0 aliphatic heterocycles. The van der Waals surface area contributed by atoms with Crippen molar-refractivity contribution in [2.24, 2.45) is 0 Å². The molecule has 0 fully saturated rings. The van der Waals surface area contributed by atoms with Crippen molar-refractivity contribution in [3.05, 3.63) is 59.2 Å². The molecule has 3 aromatic rings. The van der Waals surface area contributed by atoms with Crippen LogP contribution >= 0.6 is 11.3 Å². The molecule has 0 radical (unpaired) electrons. The van der Waals surface area contributed by atoms with Gasteiger partial charge in [-0.25, -0.2) is 12.8 Å². The molecule has 0 saturated carbocycles. The second-order valence-electron chi connectivity index (χ2n) is 4.70. The SMILES string of the molecule is Nc1ccc(S(=O)(=O)Cc2csc3ccccc23)cc1F. The molecule has 0 amide bonds. The van der Waals surface area contributed by atoms with Gasteiger partial charge in [0.15, 0.2) is 9.84 Å². The van der Waals surface area contributed by atoms with Gasteiger partial charge in [0.05, 0.1) is 16.3 Å². The molecule has 1 heterocycles. The van der Waals surface area contributed by atoms with Crippen molar-refractivity contribution >= 4 is 36.9 Å². The molecule has 21 heavy (non-hydrogen) atoms. The number of benzene rings is 2. The normalized spacial score (nSPS) is 11.9. The molecule has 1 aromatic heterocycles. The Hall–Kier alpha value is -1.92. The van der Waals surface area contributed by atoms with Crippen LogP contribution in [0, 0.1) is 5.82 Å². The van der Waals surface area contributed by atoms with Gasteiger partial charge in [0.25, 0.3) is 0 Å². The highest BCUT2D eigenvalue weighted by Crippen LogP contribution is 2.29. The Labute approximate surface area is 125 Å². The molecule has 108 valence electrons. The van der Waals surface area contributed by atoms with Crippen LogP contribution in [0.3, 0.4) is 0 Å². The van der Waals surface area contributed by atoms with Crippen LogP contribution in [-0.4, -0.2) is 8.42 Å². The van der Waals surface area contributed by atoms with Crippen LogP contribution in [-0.2, 0) is 15.6 Å². The number of hydrogen-bond donors (Lipinski definition) is 1. The van der Waals surface area contributed by atoms with E-state index in [9.17, 15) is 12.8 Å². The van der Waals surface area contributed by atoms with Crippen LogP contribution in [0.25, 0.3) is 10.1 Å². The molecule has 0 saturated heterocycles. The summed E-state index contributed by atoms with van der Waals surface area (Å²) < 4.78 is 39.3. The first-order chi connectivity index (χ1) is 9.97. The highest BCUT2D eigenvalue weighted by molar-refractivity contribution is 7.90. The van der Waals surface area contributed by atoms with Crippen molar-refractivity contribution in [2.45, 2.75) is 10.6 Å². The first-order valence-electron chi connectivity index (χ1n) is 6.20. The fraction of sp³-hybridized carbons (Fsp3) is 0.0667. The third-order valence-corrected chi connectivity index (χ3v) is 5.91. The Morgan fingerprint density at radius 1 is 1.14 bits per heavy atom. The first-order valence-corrected chi connectivity index (χ1v) is 8.73. The van der Waals surface area contributed by atoms with Crippen molar-refractivity contribution < 1.29 is 12.8 Å². The van der Waals surface area contributed by atoms with E-state index in [0.29, 0.717) is 0 Å². The van der Waals surface area contributed by atoms with Gasteiger partial charge in [0.2, 0.25) is 0 Å². The van der Waals surface area contributed by atoms with Crippen LogP contribution in [0.4, 0.5) is 10.1 Å². The highest BCUT2D eigenvalue weighted by atomic mass is 32.2. The maximum absolute atomic E-state index is 13.5. The van der Waals surface area contributed by atoms with Crippen LogP contribution in [0.15, 0.2) is 52.7 Å². The van der Waals surface area contributed by atoms with Crippen LogP contribution in [0.5, 0.6) is 0 Å². The lowest BCUT2D eigenvalue weighted by molar-refractivity contribution is 0.591. The standard InChI is InChI=1S/C15H12FNO2S2/c16-13-7-11(5-6-14(13)17)21(18,19)9-10-8-20-15-4-2-1-3-12(10)15/h1-8H,9,17H2. The molecule has 2 aromatic carbocycles. The number of rotatable bonds is 3. The van der Waals surface area contributed by atoms with Gasteiger partial charge in [-0.3, -0.25) is 0 Å². The number of sulfone groups is 1. The topological polar surface area (TPSA) is 60.2 Å². The zero-order chi connectivity index (χ0) is 15.0. The number of halogens is 1. The molecule has 2 N–H and O–H groups in total. The second-order valence-corrected chi connectivity index (χ2v) is 7.60. The van der Waals surface area contributed by atoms with E-state index >= 15 is 0 Å². The minimum absolute atomic E-state index is 0.0514. The quantitative estimate of drug-likeness (QED) is 0.750. The summed E-state index contributed by atoms with van der Waals surface area (Å²) in [5, 5.41) is 2.75. The number of nitrogens with two attached hydrogens (primary N) is 1. The highest BCUT2D eigenvalue weighted by Gasteiger charge is 2.19. The summed E-state index contributed by atoms with van der Waals surface area (Å²) in [5.74, 6) is -0.869. The maximum atomic E-state index is 13.5. The number of nitrogen functional groups attached to an aromatic ring is 1. The van der Waals surface area contributed by atoms with Crippen molar-refractivity contribution in [1.82, 2.24) is 0 Å². The zero-order valence-electron chi connectivity index (χ0n) is 10.9. The van der Waals surface area contributed by atoms with Crippen molar-refractivity contribution in [3.8, 4) is 0 Å². The maximum Gasteiger partial charge on any atom is 0.182 e. The fourth-order valence-electron chi connectivity index (χ4n) is 2.13. The number of thiophene rings is 1. The van der Waals surface area contributed by atoms with Crippen molar-refractivity contribution in [3.63, 3.8) is 0 Å². The van der Waals surface area contributed by atoms with E-state index in [-0.39, 0.29) is 16.3 Å². The lowest BCUT2D eigenvalue weighted by atomic mass is 10.2. The van der Waals surface area contributed by atoms with Crippen molar-refractivity contribution in [1.29, 1.82) is 0 Å². The Balaban J connectivity index is 2.01. The molecule has 0 unspecified atom stereocenters. The largest absolute Gasteiger partial charge is 0.396 e. The Morgan fingerprint density at radius 3 is 2.67 bits per heavy atom. The van der Waals surface area contributed by atoms with E-state index in [1.807, 2.05) is 29.6 Å². The molecule has 0 spiro atoms. The minimum atomic E-state index is -3.60. The van der Waals surface area contributed by atoms with Gasteiger partial charge >= 0.3 is 0 Å². The van der Waals surface area contributed by atoms with Crippen LogP contribution < -0.4 is 5.73 Å². The van der Waals surface area contributed by atoms with Gasteiger partial charge in [-0.1, -0.05) is 18.2 Å². The van der Waals surface area contributed by atoms with Gasteiger partial charge in [0, 0.05) is 4.70 Å². The lowest BCUT2D eigenvalue weighted by Gasteiger charge is -2.05. The van der Waals surface area contributed by atoms with Crippen LogP contribution in [0.2, 0.25) is 0 Å². The van der Waals surface area contributed by atoms with E-state index in [1.54, 1.807) is 0 Å². The monoisotopic (exact) mass is 321 g/mol. The van der Waals surface area contributed by atoms with Crippen LogP contribution in [0.1, 0.15) is 5.56 Å². The second kappa shape index (κ2) is 5.13. The Morgan fingerprint density at radius 2 is 1.90 bits per heavy atom. The number of anilines is 1. The molecule has 0 aliphatic rings. The molecule has 3 rings (SSSR count). The van der Waals surface area contributed by atoms with Gasteiger partial charge in [-0.2, -0.15) is 0 Å². The lowest BCUT2D eigenvalue weighted by Crippen LogP contribution is -2.05. The first kappa shape index (κ1) is 14.0. The molecule has 0 bridgehead atoms. The van der Waals surface area contributed by atoms with Gasteiger partial charge in [-0.15, -0.1) is 11.3 Å². The fourth-order valence-corrected chi connectivity index (χ4v) is 4.58. The van der Waals surface area contributed by atoms with E-state index in [1.165, 1.54) is 23.5 Å². The van der Waals surface area contributed by atoms with Gasteiger partial charge in [-0.05, 0) is 40.6 Å². The summed E-state index contributed by atoms with van der Waals surface area (Å²) in [6.45, 7) is 0. The third kappa shape index (κ3) is 2.64. The number of hydrogen-bond acceptors (Lipinski definition) is 4. The van der Waals surface area contributed by atoms with Gasteiger partial charge in [0.1, 0.15) is 5.82 Å². The van der Waals surface area contributed by atoms with Gasteiger partial charge < -0.3 is 5.73 Å². The zero-order valence-corrected chi connectivity index (χ0v) is 12.5. The van der Waals surface area contributed by atoms with Crippen molar-refractivity contribution in [2.75, 3.05) is 5.73 Å².